The minimum Gasteiger partial charge on any atom is -0.492 e. The minimum absolute atomic E-state index is 0.701. The quantitative estimate of drug-likeness (QED) is 0.788. The van der Waals surface area contributed by atoms with E-state index in [9.17, 15) is 0 Å². The van der Waals surface area contributed by atoms with Gasteiger partial charge in [0, 0.05) is 27.3 Å². The molecule has 2 aromatic rings. The van der Waals surface area contributed by atoms with Crippen LogP contribution in [0.2, 0.25) is 0 Å². The third-order valence-corrected chi connectivity index (χ3v) is 5.22. The molecule has 3 rings (SSSR count). The Morgan fingerprint density at radius 1 is 1.20 bits per heavy atom. The molecule has 1 aliphatic carbocycles. The van der Waals surface area contributed by atoms with E-state index in [0.717, 1.165) is 23.3 Å². The van der Waals surface area contributed by atoms with Crippen LogP contribution in [0.25, 0.3) is 0 Å². The van der Waals surface area contributed by atoms with Gasteiger partial charge < -0.3 is 10.1 Å². The second-order valence-corrected chi connectivity index (χ2v) is 7.13. The Morgan fingerprint density at radius 3 is 2.85 bits per heavy atom. The first-order valence-corrected chi connectivity index (χ1v) is 8.62. The normalized spacial score (nSPS) is 13.4. The zero-order chi connectivity index (χ0) is 13.8. The topological polar surface area (TPSA) is 21.3 Å². The Morgan fingerprint density at radius 2 is 2.05 bits per heavy atom. The Kier molecular flexibility index (Phi) is 4.76. The van der Waals surface area contributed by atoms with E-state index in [4.69, 9.17) is 4.74 Å². The number of nitrogens with one attached hydrogen (secondary N) is 1. The SMILES string of the molecule is Brc1ccc(OCCNCc2cc3c(s2)CCC3)cc1. The summed E-state index contributed by atoms with van der Waals surface area (Å²) in [6, 6.07) is 10.3. The molecule has 0 bridgehead atoms. The molecule has 2 nitrogen and oxygen atoms in total. The first-order chi connectivity index (χ1) is 9.81. The predicted molar refractivity (Wildman–Crippen MR) is 87.7 cm³/mol. The second-order valence-electron chi connectivity index (χ2n) is 4.99. The molecule has 0 aliphatic heterocycles. The largest absolute Gasteiger partial charge is 0.492 e. The molecule has 1 N–H and O–H groups in total. The summed E-state index contributed by atoms with van der Waals surface area (Å²) in [7, 11) is 0. The molecule has 0 amide bonds. The Balaban J connectivity index is 1.36. The van der Waals surface area contributed by atoms with Crippen LogP contribution in [0, 0.1) is 0 Å². The van der Waals surface area contributed by atoms with Crippen LogP contribution in [-0.4, -0.2) is 13.2 Å². The van der Waals surface area contributed by atoms with Gasteiger partial charge in [0.25, 0.3) is 0 Å². The van der Waals surface area contributed by atoms with Gasteiger partial charge in [-0.1, -0.05) is 15.9 Å². The van der Waals surface area contributed by atoms with Gasteiger partial charge in [0.1, 0.15) is 12.4 Å². The lowest BCUT2D eigenvalue weighted by Gasteiger charge is -2.07. The molecule has 0 spiro atoms. The fourth-order valence-electron chi connectivity index (χ4n) is 2.46. The number of fused-ring (bicyclic) bond motifs is 1. The summed E-state index contributed by atoms with van der Waals surface area (Å²) in [4.78, 5) is 3.06. The molecule has 4 heteroatoms. The average molecular weight is 352 g/mol. The Bertz CT molecular complexity index is 543. The Labute approximate surface area is 132 Å². The molecule has 0 fully saturated rings. The van der Waals surface area contributed by atoms with Gasteiger partial charge in [-0.05, 0) is 55.2 Å². The number of thiophene rings is 1. The van der Waals surface area contributed by atoms with E-state index in [-0.39, 0.29) is 0 Å². The van der Waals surface area contributed by atoms with Gasteiger partial charge in [-0.2, -0.15) is 0 Å². The van der Waals surface area contributed by atoms with E-state index < -0.39 is 0 Å². The van der Waals surface area contributed by atoms with Crippen LogP contribution in [0.5, 0.6) is 5.75 Å². The van der Waals surface area contributed by atoms with E-state index in [2.05, 4.69) is 27.3 Å². The van der Waals surface area contributed by atoms with Crippen LogP contribution >= 0.6 is 27.3 Å². The average Bonchev–Trinajstić information content (AvgIpc) is 3.01. The van der Waals surface area contributed by atoms with E-state index in [1.807, 2.05) is 35.6 Å². The summed E-state index contributed by atoms with van der Waals surface area (Å²) in [6.07, 6.45) is 3.90. The molecule has 0 saturated carbocycles. The van der Waals surface area contributed by atoms with Crippen molar-refractivity contribution >= 4 is 27.3 Å². The van der Waals surface area contributed by atoms with Crippen molar-refractivity contribution in [2.24, 2.45) is 0 Å². The van der Waals surface area contributed by atoms with Gasteiger partial charge in [-0.3, -0.25) is 0 Å². The van der Waals surface area contributed by atoms with Crippen LogP contribution < -0.4 is 10.1 Å². The molecular weight excluding hydrogens is 334 g/mol. The van der Waals surface area contributed by atoms with Crippen molar-refractivity contribution in [2.75, 3.05) is 13.2 Å². The van der Waals surface area contributed by atoms with Crippen molar-refractivity contribution < 1.29 is 4.74 Å². The molecule has 0 unspecified atom stereocenters. The molecule has 20 heavy (non-hydrogen) atoms. The molecule has 106 valence electrons. The molecule has 0 saturated heterocycles. The van der Waals surface area contributed by atoms with E-state index in [1.165, 1.54) is 24.1 Å². The van der Waals surface area contributed by atoms with Crippen LogP contribution in [-0.2, 0) is 19.4 Å². The monoisotopic (exact) mass is 351 g/mol. The molecule has 0 atom stereocenters. The third-order valence-electron chi connectivity index (χ3n) is 3.46. The number of benzene rings is 1. The highest BCUT2D eigenvalue weighted by Crippen LogP contribution is 2.30. The van der Waals surface area contributed by atoms with E-state index in [0.29, 0.717) is 6.61 Å². The van der Waals surface area contributed by atoms with Crippen molar-refractivity contribution in [2.45, 2.75) is 25.8 Å². The maximum absolute atomic E-state index is 5.68. The summed E-state index contributed by atoms with van der Waals surface area (Å²) in [5, 5.41) is 3.45. The van der Waals surface area contributed by atoms with Gasteiger partial charge in [-0.15, -0.1) is 11.3 Å². The van der Waals surface area contributed by atoms with Gasteiger partial charge in [0.15, 0.2) is 0 Å². The fraction of sp³-hybridized carbons (Fsp3) is 0.375. The van der Waals surface area contributed by atoms with E-state index >= 15 is 0 Å². The Hall–Kier alpha value is -0.840. The van der Waals surface area contributed by atoms with Crippen LogP contribution in [0.3, 0.4) is 0 Å². The minimum atomic E-state index is 0.701. The molecule has 1 aromatic heterocycles. The molecule has 1 heterocycles. The maximum atomic E-state index is 5.68. The van der Waals surface area contributed by atoms with Crippen molar-refractivity contribution in [3.63, 3.8) is 0 Å². The summed E-state index contributed by atoms with van der Waals surface area (Å²) >= 11 is 5.39. The highest BCUT2D eigenvalue weighted by molar-refractivity contribution is 9.10. The number of aryl methyl sites for hydroxylation is 2. The lowest BCUT2D eigenvalue weighted by atomic mass is 10.2. The van der Waals surface area contributed by atoms with Crippen LogP contribution in [0.4, 0.5) is 0 Å². The molecule has 1 aliphatic rings. The number of ether oxygens (including phenoxy) is 1. The number of hydrogen-bond acceptors (Lipinski definition) is 3. The summed E-state index contributed by atoms with van der Waals surface area (Å²) in [5.74, 6) is 0.921. The number of rotatable bonds is 6. The molecular formula is C16H18BrNOS. The summed E-state index contributed by atoms with van der Waals surface area (Å²) < 4.78 is 6.76. The van der Waals surface area contributed by atoms with Crippen LogP contribution in [0.1, 0.15) is 21.7 Å². The first kappa shape index (κ1) is 14.1. The van der Waals surface area contributed by atoms with Crippen molar-refractivity contribution in [3.8, 4) is 5.75 Å². The zero-order valence-corrected chi connectivity index (χ0v) is 13.7. The van der Waals surface area contributed by atoms with Gasteiger partial charge in [0.2, 0.25) is 0 Å². The standard InChI is InChI=1S/C16H18BrNOS/c17-13-4-6-14(7-5-13)19-9-8-18-11-15-10-12-2-1-3-16(12)20-15/h4-7,10,18H,1-3,8-9,11H2. The highest BCUT2D eigenvalue weighted by Gasteiger charge is 2.14. The fourth-order valence-corrected chi connectivity index (χ4v) is 3.96. The lowest BCUT2D eigenvalue weighted by molar-refractivity contribution is 0.314. The van der Waals surface area contributed by atoms with Gasteiger partial charge in [0.05, 0.1) is 0 Å². The van der Waals surface area contributed by atoms with Crippen molar-refractivity contribution in [1.29, 1.82) is 0 Å². The number of halogens is 1. The van der Waals surface area contributed by atoms with Crippen molar-refractivity contribution in [1.82, 2.24) is 5.32 Å². The lowest BCUT2D eigenvalue weighted by Crippen LogP contribution is -2.20. The second kappa shape index (κ2) is 6.74. The summed E-state index contributed by atoms with van der Waals surface area (Å²) in [6.45, 7) is 2.53. The zero-order valence-electron chi connectivity index (χ0n) is 11.3. The number of hydrogen-bond donors (Lipinski definition) is 1. The third kappa shape index (κ3) is 3.62. The molecule has 1 aromatic carbocycles. The first-order valence-electron chi connectivity index (χ1n) is 7.01. The molecule has 0 radical (unpaired) electrons. The van der Waals surface area contributed by atoms with Gasteiger partial charge in [-0.25, -0.2) is 0 Å². The predicted octanol–water partition coefficient (Wildman–Crippen LogP) is 4.17. The highest BCUT2D eigenvalue weighted by atomic mass is 79.9. The summed E-state index contributed by atoms with van der Waals surface area (Å²) in [5.41, 5.74) is 1.58. The maximum Gasteiger partial charge on any atom is 0.119 e. The van der Waals surface area contributed by atoms with Crippen LogP contribution in [0.15, 0.2) is 34.8 Å². The van der Waals surface area contributed by atoms with Gasteiger partial charge >= 0.3 is 0 Å². The van der Waals surface area contributed by atoms with E-state index in [1.54, 1.807) is 10.4 Å². The smallest absolute Gasteiger partial charge is 0.119 e. The van der Waals surface area contributed by atoms with Crippen molar-refractivity contribution in [3.05, 3.63) is 50.1 Å².